The van der Waals surface area contributed by atoms with Crippen LogP contribution in [0.4, 0.5) is 26.3 Å². The van der Waals surface area contributed by atoms with E-state index < -0.39 is 41.1 Å². The fourth-order valence-corrected chi connectivity index (χ4v) is 2.11. The fourth-order valence-electron chi connectivity index (χ4n) is 2.11. The Bertz CT molecular complexity index is 608. The van der Waals surface area contributed by atoms with Crippen molar-refractivity contribution in [2.75, 3.05) is 19.8 Å². The lowest BCUT2D eigenvalue weighted by Gasteiger charge is -2.15. The van der Waals surface area contributed by atoms with Gasteiger partial charge in [0.05, 0.1) is 23.8 Å². The van der Waals surface area contributed by atoms with Crippen molar-refractivity contribution in [3.63, 3.8) is 0 Å². The van der Waals surface area contributed by atoms with E-state index in [1.807, 2.05) is 0 Å². The molecule has 26 heavy (non-hydrogen) atoms. The average molecular weight is 385 g/mol. The predicted octanol–water partition coefficient (Wildman–Crippen LogP) is 3.24. The van der Waals surface area contributed by atoms with Crippen molar-refractivity contribution in [1.82, 2.24) is 5.32 Å². The van der Waals surface area contributed by atoms with E-state index in [1.165, 1.54) is 0 Å². The molecule has 1 aromatic carbocycles. The van der Waals surface area contributed by atoms with E-state index in [9.17, 15) is 36.2 Å². The first kappa shape index (κ1) is 20.5. The molecule has 0 spiro atoms. The third-order valence-electron chi connectivity index (χ3n) is 3.71. The van der Waals surface area contributed by atoms with Gasteiger partial charge in [0.1, 0.15) is 0 Å². The lowest BCUT2D eigenvalue weighted by Crippen LogP contribution is -2.35. The van der Waals surface area contributed by atoms with Crippen LogP contribution in [0.5, 0.6) is 0 Å². The maximum Gasteiger partial charge on any atom is 0.416 e. The van der Waals surface area contributed by atoms with Gasteiger partial charge in [0.2, 0.25) is 0 Å². The zero-order valence-corrected chi connectivity index (χ0v) is 13.5. The van der Waals surface area contributed by atoms with E-state index in [0.29, 0.717) is 24.7 Å². The second-order valence-electron chi connectivity index (χ2n) is 6.14. The number of amides is 1. The highest BCUT2D eigenvalue weighted by atomic mass is 19.4. The minimum Gasteiger partial charge on any atom is -0.389 e. The van der Waals surface area contributed by atoms with Crippen LogP contribution in [0, 0.1) is 5.92 Å². The first-order valence-electron chi connectivity index (χ1n) is 7.80. The van der Waals surface area contributed by atoms with Gasteiger partial charge in [-0.3, -0.25) is 4.79 Å². The fraction of sp³-hybridized carbons (Fsp3) is 0.562. The molecular formula is C16H17F6NO3. The molecule has 146 valence electrons. The van der Waals surface area contributed by atoms with Gasteiger partial charge in [0.25, 0.3) is 5.91 Å². The van der Waals surface area contributed by atoms with Crippen LogP contribution in [0.25, 0.3) is 0 Å². The van der Waals surface area contributed by atoms with Crippen molar-refractivity contribution in [1.29, 1.82) is 0 Å². The molecule has 0 aromatic heterocycles. The lowest BCUT2D eigenvalue weighted by atomic mass is 10.0. The number of benzene rings is 1. The topological polar surface area (TPSA) is 58.6 Å². The molecule has 0 radical (unpaired) electrons. The Morgan fingerprint density at radius 3 is 2.12 bits per heavy atom. The molecule has 2 N–H and O–H groups in total. The monoisotopic (exact) mass is 385 g/mol. The van der Waals surface area contributed by atoms with E-state index in [4.69, 9.17) is 4.74 Å². The SMILES string of the molecule is O=C(NC[C@@H](O)COCC1CC1)c1cc(C(F)(F)F)cc(C(F)(F)F)c1. The highest BCUT2D eigenvalue weighted by Gasteiger charge is 2.37. The number of rotatable bonds is 7. The standard InChI is InChI=1S/C16H17F6NO3/c17-15(18,19)11-3-10(4-12(5-11)16(20,21)22)14(25)23-6-13(24)8-26-7-9-1-2-9/h3-5,9,13,24H,1-2,6-8H2,(H,23,25)/t13-/m1/s1. The second-order valence-corrected chi connectivity index (χ2v) is 6.14. The van der Waals surface area contributed by atoms with Gasteiger partial charge in [0, 0.05) is 18.7 Å². The molecule has 2 rings (SSSR count). The van der Waals surface area contributed by atoms with Crippen molar-refractivity contribution in [3.05, 3.63) is 34.9 Å². The second kappa shape index (κ2) is 7.83. The zero-order chi connectivity index (χ0) is 19.5. The van der Waals surface area contributed by atoms with Crippen LogP contribution in [0.3, 0.4) is 0 Å². The van der Waals surface area contributed by atoms with Gasteiger partial charge in [-0.1, -0.05) is 0 Å². The Morgan fingerprint density at radius 2 is 1.65 bits per heavy atom. The Morgan fingerprint density at radius 1 is 1.12 bits per heavy atom. The van der Waals surface area contributed by atoms with Gasteiger partial charge in [-0.15, -0.1) is 0 Å². The van der Waals surface area contributed by atoms with Crippen LogP contribution in [-0.4, -0.2) is 36.9 Å². The van der Waals surface area contributed by atoms with Crippen LogP contribution in [-0.2, 0) is 17.1 Å². The molecule has 1 aliphatic rings. The number of aliphatic hydroxyl groups excluding tert-OH is 1. The van der Waals surface area contributed by atoms with Crippen molar-refractivity contribution in [2.24, 2.45) is 5.92 Å². The van der Waals surface area contributed by atoms with Crippen molar-refractivity contribution in [2.45, 2.75) is 31.3 Å². The molecule has 1 aliphatic carbocycles. The summed E-state index contributed by atoms with van der Waals surface area (Å²) < 4.78 is 81.8. The summed E-state index contributed by atoms with van der Waals surface area (Å²) in [6.45, 7) is 0.0157. The number of carbonyl (C=O) groups excluding carboxylic acids is 1. The van der Waals surface area contributed by atoms with Crippen molar-refractivity contribution in [3.8, 4) is 0 Å². The predicted molar refractivity (Wildman–Crippen MR) is 78.3 cm³/mol. The number of carbonyl (C=O) groups is 1. The normalized spacial score (nSPS) is 16.4. The molecular weight excluding hydrogens is 368 g/mol. The highest BCUT2D eigenvalue weighted by Crippen LogP contribution is 2.36. The molecule has 0 heterocycles. The minimum absolute atomic E-state index is 0.0582. The highest BCUT2D eigenvalue weighted by molar-refractivity contribution is 5.94. The number of aliphatic hydroxyl groups is 1. The number of hydrogen-bond donors (Lipinski definition) is 2. The number of halogens is 6. The van der Waals surface area contributed by atoms with E-state index in [0.717, 1.165) is 12.8 Å². The van der Waals surface area contributed by atoms with Crippen LogP contribution >= 0.6 is 0 Å². The number of ether oxygens (including phenoxy) is 1. The maximum absolute atomic E-state index is 12.8. The maximum atomic E-state index is 12.8. The van der Waals surface area contributed by atoms with Crippen molar-refractivity contribution >= 4 is 5.91 Å². The summed E-state index contributed by atoms with van der Waals surface area (Å²) in [4.78, 5) is 11.9. The first-order valence-corrected chi connectivity index (χ1v) is 7.80. The molecule has 1 fully saturated rings. The van der Waals surface area contributed by atoms with E-state index in [2.05, 4.69) is 5.32 Å². The average Bonchev–Trinajstić information content (AvgIpc) is 3.34. The van der Waals surface area contributed by atoms with Crippen LogP contribution in [0.15, 0.2) is 18.2 Å². The van der Waals surface area contributed by atoms with Gasteiger partial charge in [-0.25, -0.2) is 0 Å². The molecule has 1 amide bonds. The minimum atomic E-state index is -5.04. The van der Waals surface area contributed by atoms with Gasteiger partial charge in [0.15, 0.2) is 0 Å². The van der Waals surface area contributed by atoms with Crippen LogP contribution < -0.4 is 5.32 Å². The summed E-state index contributed by atoms with van der Waals surface area (Å²) in [6, 6.07) is 0.610. The third-order valence-corrected chi connectivity index (χ3v) is 3.71. The molecule has 1 saturated carbocycles. The molecule has 0 aliphatic heterocycles. The summed E-state index contributed by atoms with van der Waals surface area (Å²) in [5, 5.41) is 11.8. The molecule has 10 heteroatoms. The zero-order valence-electron chi connectivity index (χ0n) is 13.5. The van der Waals surface area contributed by atoms with Crippen LogP contribution in [0.1, 0.15) is 34.3 Å². The quantitative estimate of drug-likeness (QED) is 0.709. The number of hydrogen-bond acceptors (Lipinski definition) is 3. The van der Waals surface area contributed by atoms with E-state index >= 15 is 0 Å². The molecule has 0 bridgehead atoms. The molecule has 1 atom stereocenters. The van der Waals surface area contributed by atoms with Crippen LogP contribution in [0.2, 0.25) is 0 Å². The largest absolute Gasteiger partial charge is 0.416 e. The van der Waals surface area contributed by atoms with Gasteiger partial charge in [-0.2, -0.15) is 26.3 Å². The Labute approximate surface area is 145 Å². The first-order chi connectivity index (χ1) is 12.0. The lowest BCUT2D eigenvalue weighted by molar-refractivity contribution is -0.143. The molecule has 0 saturated heterocycles. The van der Waals surface area contributed by atoms with Gasteiger partial charge < -0.3 is 15.2 Å². The summed E-state index contributed by atoms with van der Waals surface area (Å²) in [7, 11) is 0. The van der Waals surface area contributed by atoms with Crippen molar-refractivity contribution < 1.29 is 41.0 Å². The van der Waals surface area contributed by atoms with Gasteiger partial charge in [-0.05, 0) is 37.0 Å². The number of nitrogens with one attached hydrogen (secondary N) is 1. The Kier molecular flexibility index (Phi) is 6.17. The van der Waals surface area contributed by atoms with Gasteiger partial charge >= 0.3 is 12.4 Å². The summed E-state index contributed by atoms with van der Waals surface area (Å²) in [5.74, 6) is -0.689. The summed E-state index contributed by atoms with van der Waals surface area (Å²) in [5.41, 5.74) is -3.95. The Balaban J connectivity index is 2.01. The molecule has 0 unspecified atom stereocenters. The molecule has 1 aromatic rings. The smallest absolute Gasteiger partial charge is 0.389 e. The summed E-state index contributed by atoms with van der Waals surface area (Å²) in [6.07, 6.45) is -9.10. The Hall–Kier alpha value is -1.81. The third kappa shape index (κ3) is 6.17. The summed E-state index contributed by atoms with van der Waals surface area (Å²) >= 11 is 0. The van der Waals surface area contributed by atoms with E-state index in [-0.39, 0.29) is 19.2 Å². The number of alkyl halides is 6. The van der Waals surface area contributed by atoms with E-state index in [1.54, 1.807) is 0 Å². The molecule has 4 nitrogen and oxygen atoms in total.